The number of para-hydroxylation sites is 1. The molecule has 186 valence electrons. The molecule has 0 saturated carbocycles. The highest BCUT2D eigenvalue weighted by molar-refractivity contribution is 5.74. The van der Waals surface area contributed by atoms with Crippen molar-refractivity contribution in [3.05, 3.63) is 48.4 Å². The van der Waals surface area contributed by atoms with E-state index >= 15 is 0 Å². The van der Waals surface area contributed by atoms with Gasteiger partial charge in [0.15, 0.2) is 5.82 Å². The quantitative estimate of drug-likeness (QED) is 0.459. The first-order valence-corrected chi connectivity index (χ1v) is 12.2. The lowest BCUT2D eigenvalue weighted by molar-refractivity contribution is 0.190. The first-order valence-electron chi connectivity index (χ1n) is 12.2. The molecule has 36 heavy (non-hydrogen) atoms. The number of benzene rings is 1. The van der Waals surface area contributed by atoms with Crippen LogP contribution in [-0.2, 0) is 4.74 Å². The van der Waals surface area contributed by atoms with E-state index in [2.05, 4.69) is 47.1 Å². The van der Waals surface area contributed by atoms with Gasteiger partial charge in [-0.05, 0) is 43.0 Å². The maximum Gasteiger partial charge on any atom is 0.206 e. The predicted octanol–water partition coefficient (Wildman–Crippen LogP) is 1.67. The fourth-order valence-electron chi connectivity index (χ4n) is 4.45. The summed E-state index contributed by atoms with van der Waals surface area (Å²) in [6.07, 6.45) is 3.71. The minimum Gasteiger partial charge on any atom is -0.507 e. The predicted molar refractivity (Wildman–Crippen MR) is 139 cm³/mol. The summed E-state index contributed by atoms with van der Waals surface area (Å²) in [5, 5.41) is 22.0. The second-order valence-corrected chi connectivity index (χ2v) is 8.83. The standard InChI is InChI=1S/C26H30N8O2/c27-26-22(17-21(31-32-26)20-5-1-2-6-23(20)35)33-12-4-13-34(15-14-33)25-8-11-29-24(30-25)7-3-10-28-19-9-16-36-18-19/h1-2,5-6,8,11,17,19,28,35H,4,9-10,12-16,18H2,(H2,27,32). The fraction of sp³-hybridized carbons (Fsp3) is 0.385. The number of phenolic OH excluding ortho intramolecular Hbond substituents is 1. The van der Waals surface area contributed by atoms with Gasteiger partial charge >= 0.3 is 0 Å². The van der Waals surface area contributed by atoms with Crippen LogP contribution in [0.15, 0.2) is 42.6 Å². The first-order chi connectivity index (χ1) is 17.7. The van der Waals surface area contributed by atoms with Crippen LogP contribution in [0.3, 0.4) is 0 Å². The van der Waals surface area contributed by atoms with E-state index in [1.54, 1.807) is 18.3 Å². The van der Waals surface area contributed by atoms with Crippen LogP contribution in [0.25, 0.3) is 11.3 Å². The number of nitrogens with zero attached hydrogens (tertiary/aromatic N) is 6. The molecule has 0 bridgehead atoms. The summed E-state index contributed by atoms with van der Waals surface area (Å²) in [6, 6.07) is 11.3. The Morgan fingerprint density at radius 1 is 1.11 bits per heavy atom. The molecular weight excluding hydrogens is 456 g/mol. The Labute approximate surface area is 210 Å². The molecule has 10 heteroatoms. The number of aromatic hydroxyl groups is 1. The van der Waals surface area contributed by atoms with Crippen LogP contribution >= 0.6 is 0 Å². The second kappa shape index (κ2) is 11.2. The molecule has 2 aliphatic heterocycles. The summed E-state index contributed by atoms with van der Waals surface area (Å²) in [5.41, 5.74) is 8.25. The molecule has 3 aromatic rings. The highest BCUT2D eigenvalue weighted by Crippen LogP contribution is 2.31. The van der Waals surface area contributed by atoms with Crippen molar-refractivity contribution in [3.63, 3.8) is 0 Å². The van der Waals surface area contributed by atoms with Crippen molar-refractivity contribution in [2.45, 2.75) is 18.9 Å². The highest BCUT2D eigenvalue weighted by atomic mass is 16.5. The Kier molecular flexibility index (Phi) is 7.40. The highest BCUT2D eigenvalue weighted by Gasteiger charge is 2.20. The van der Waals surface area contributed by atoms with E-state index in [0.29, 0.717) is 35.5 Å². The number of nitrogens with one attached hydrogen (secondary N) is 1. The third kappa shape index (κ3) is 5.64. The van der Waals surface area contributed by atoms with Gasteiger partial charge in [-0.25, -0.2) is 9.97 Å². The molecular formula is C26H30N8O2. The lowest BCUT2D eigenvalue weighted by atomic mass is 10.1. The van der Waals surface area contributed by atoms with E-state index in [4.69, 9.17) is 10.5 Å². The third-order valence-electron chi connectivity index (χ3n) is 6.39. The van der Waals surface area contributed by atoms with Gasteiger partial charge in [-0.15, -0.1) is 10.2 Å². The van der Waals surface area contributed by atoms with E-state index in [1.165, 1.54) is 0 Å². The first kappa shape index (κ1) is 23.8. The monoisotopic (exact) mass is 486 g/mol. The van der Waals surface area contributed by atoms with Gasteiger partial charge < -0.3 is 30.7 Å². The number of ether oxygens (including phenoxy) is 1. The smallest absolute Gasteiger partial charge is 0.206 e. The maximum atomic E-state index is 10.2. The number of phenols is 1. The van der Waals surface area contributed by atoms with Crippen molar-refractivity contribution < 1.29 is 9.84 Å². The molecule has 2 aliphatic rings. The summed E-state index contributed by atoms with van der Waals surface area (Å²) < 4.78 is 5.37. The summed E-state index contributed by atoms with van der Waals surface area (Å²) in [5.74, 6) is 8.11. The van der Waals surface area contributed by atoms with E-state index in [0.717, 1.165) is 63.7 Å². The average Bonchev–Trinajstić information content (AvgIpc) is 3.30. The van der Waals surface area contributed by atoms with Gasteiger partial charge in [-0.2, -0.15) is 0 Å². The molecule has 2 saturated heterocycles. The molecule has 0 amide bonds. The Bertz CT molecular complexity index is 1250. The number of nitrogen functional groups attached to an aromatic ring is 1. The summed E-state index contributed by atoms with van der Waals surface area (Å²) in [4.78, 5) is 13.5. The second-order valence-electron chi connectivity index (χ2n) is 8.83. The third-order valence-corrected chi connectivity index (χ3v) is 6.39. The Hall–Kier alpha value is -3.94. The molecule has 10 nitrogen and oxygen atoms in total. The Morgan fingerprint density at radius 2 is 1.97 bits per heavy atom. The van der Waals surface area contributed by atoms with Gasteiger partial charge in [0.25, 0.3) is 0 Å². The molecule has 1 unspecified atom stereocenters. The zero-order valence-corrected chi connectivity index (χ0v) is 20.1. The van der Waals surface area contributed by atoms with Crippen LogP contribution < -0.4 is 20.9 Å². The van der Waals surface area contributed by atoms with E-state index < -0.39 is 0 Å². The molecule has 0 spiro atoms. The number of nitrogens with two attached hydrogens (primary N) is 1. The van der Waals surface area contributed by atoms with Crippen molar-refractivity contribution in [1.82, 2.24) is 25.5 Å². The van der Waals surface area contributed by atoms with Gasteiger partial charge in [0.05, 0.1) is 24.5 Å². The molecule has 2 fully saturated rings. The van der Waals surface area contributed by atoms with Crippen LogP contribution in [-0.4, -0.2) is 77.3 Å². The van der Waals surface area contributed by atoms with Crippen LogP contribution in [0.1, 0.15) is 18.7 Å². The molecule has 4 N–H and O–H groups in total. The topological polar surface area (TPSA) is 126 Å². The van der Waals surface area contributed by atoms with E-state index in [1.807, 2.05) is 24.3 Å². The average molecular weight is 487 g/mol. The van der Waals surface area contributed by atoms with Gasteiger partial charge in [-0.3, -0.25) is 0 Å². The SMILES string of the molecule is Nc1nnc(-c2ccccc2O)cc1N1CCCN(c2ccnc(C#CCNC3CCOC3)n2)CC1. The van der Waals surface area contributed by atoms with Crippen molar-refractivity contribution in [2.75, 3.05) is 61.5 Å². The Balaban J connectivity index is 1.25. The van der Waals surface area contributed by atoms with E-state index in [-0.39, 0.29) is 5.75 Å². The minimum absolute atomic E-state index is 0.163. The van der Waals surface area contributed by atoms with Crippen molar-refractivity contribution in [3.8, 4) is 28.8 Å². The number of aromatic nitrogens is 4. The van der Waals surface area contributed by atoms with Gasteiger partial charge in [-0.1, -0.05) is 18.1 Å². The number of hydrogen-bond donors (Lipinski definition) is 3. The van der Waals surface area contributed by atoms with Gasteiger partial charge in [0, 0.05) is 50.6 Å². The van der Waals surface area contributed by atoms with Crippen LogP contribution in [0, 0.1) is 11.8 Å². The molecule has 4 heterocycles. The molecule has 0 aliphatic carbocycles. The fourth-order valence-corrected chi connectivity index (χ4v) is 4.45. The largest absolute Gasteiger partial charge is 0.507 e. The number of rotatable bonds is 5. The lowest BCUT2D eigenvalue weighted by Gasteiger charge is -2.25. The number of hydrogen-bond acceptors (Lipinski definition) is 10. The van der Waals surface area contributed by atoms with Crippen molar-refractivity contribution >= 4 is 17.3 Å². The maximum absolute atomic E-state index is 10.2. The zero-order valence-electron chi connectivity index (χ0n) is 20.1. The van der Waals surface area contributed by atoms with Crippen molar-refractivity contribution in [2.24, 2.45) is 0 Å². The molecule has 0 radical (unpaired) electrons. The summed E-state index contributed by atoms with van der Waals surface area (Å²) in [6.45, 7) is 5.33. The summed E-state index contributed by atoms with van der Waals surface area (Å²) >= 11 is 0. The van der Waals surface area contributed by atoms with Crippen LogP contribution in [0.2, 0.25) is 0 Å². The molecule has 2 aromatic heterocycles. The number of anilines is 3. The lowest BCUT2D eigenvalue weighted by Crippen LogP contribution is -2.31. The molecule has 5 rings (SSSR count). The van der Waals surface area contributed by atoms with Gasteiger partial charge in [0.1, 0.15) is 11.6 Å². The summed E-state index contributed by atoms with van der Waals surface area (Å²) in [7, 11) is 0. The normalized spacial score (nSPS) is 17.9. The van der Waals surface area contributed by atoms with E-state index in [9.17, 15) is 5.11 Å². The molecule has 1 atom stereocenters. The van der Waals surface area contributed by atoms with Crippen molar-refractivity contribution in [1.29, 1.82) is 0 Å². The van der Waals surface area contributed by atoms with Gasteiger partial charge in [0.2, 0.25) is 5.82 Å². The molecule has 1 aromatic carbocycles. The zero-order chi connectivity index (χ0) is 24.7. The van der Waals surface area contributed by atoms with Crippen LogP contribution in [0.5, 0.6) is 5.75 Å². The van der Waals surface area contributed by atoms with Crippen LogP contribution in [0.4, 0.5) is 17.3 Å². The minimum atomic E-state index is 0.163. The Morgan fingerprint density at radius 3 is 2.83 bits per heavy atom.